The van der Waals surface area contributed by atoms with Crippen molar-refractivity contribution < 1.29 is 4.79 Å². The predicted octanol–water partition coefficient (Wildman–Crippen LogP) is 4.82. The van der Waals surface area contributed by atoms with Crippen molar-refractivity contribution in [1.82, 2.24) is 14.5 Å². The van der Waals surface area contributed by atoms with E-state index in [1.165, 1.54) is 41.5 Å². The minimum absolute atomic E-state index is 0.00326. The average molecular weight is 454 g/mol. The first kappa shape index (κ1) is 20.8. The SMILES string of the molecule is O=C(CSc1nc2sc3c(c2c(=O)n1-c1ccccc1)CCCCC3)N1CCCCC1. The summed E-state index contributed by atoms with van der Waals surface area (Å²) < 4.78 is 1.72. The van der Waals surface area contributed by atoms with Gasteiger partial charge in [-0.3, -0.25) is 14.2 Å². The van der Waals surface area contributed by atoms with Gasteiger partial charge in [0.15, 0.2) is 5.16 Å². The van der Waals surface area contributed by atoms with Crippen molar-refractivity contribution in [3.63, 3.8) is 0 Å². The summed E-state index contributed by atoms with van der Waals surface area (Å²) in [5, 5.41) is 1.41. The van der Waals surface area contributed by atoms with Gasteiger partial charge in [0.25, 0.3) is 5.56 Å². The van der Waals surface area contributed by atoms with E-state index >= 15 is 0 Å². The summed E-state index contributed by atoms with van der Waals surface area (Å²) in [6.07, 6.45) is 8.88. The molecule has 31 heavy (non-hydrogen) atoms. The van der Waals surface area contributed by atoms with Crippen LogP contribution >= 0.6 is 23.1 Å². The molecular formula is C24H27N3O2S2. The zero-order chi connectivity index (χ0) is 21.2. The van der Waals surface area contributed by atoms with Crippen LogP contribution in [0.2, 0.25) is 0 Å². The van der Waals surface area contributed by atoms with Gasteiger partial charge in [0.1, 0.15) is 4.83 Å². The van der Waals surface area contributed by atoms with Crippen molar-refractivity contribution in [2.45, 2.75) is 56.5 Å². The number of aryl methyl sites for hydroxylation is 2. The molecule has 0 spiro atoms. The summed E-state index contributed by atoms with van der Waals surface area (Å²) in [6.45, 7) is 1.68. The third-order valence-corrected chi connectivity index (χ3v) is 8.37. The quantitative estimate of drug-likeness (QED) is 0.323. The molecule has 7 heteroatoms. The average Bonchev–Trinajstić information content (AvgIpc) is 3.00. The molecule has 1 aromatic carbocycles. The van der Waals surface area contributed by atoms with Crippen LogP contribution in [-0.4, -0.2) is 39.2 Å². The van der Waals surface area contributed by atoms with Gasteiger partial charge in [-0.2, -0.15) is 0 Å². The number of likely N-dealkylation sites (tertiary alicyclic amines) is 1. The van der Waals surface area contributed by atoms with Crippen LogP contribution in [0.3, 0.4) is 0 Å². The number of thiophene rings is 1. The van der Waals surface area contributed by atoms with Gasteiger partial charge in [-0.1, -0.05) is 36.4 Å². The topological polar surface area (TPSA) is 55.2 Å². The molecule has 2 aromatic heterocycles. The standard InChI is InChI=1S/C24H27N3O2S2/c28-20(26-14-8-3-9-15-26)16-30-24-25-22-21(18-12-6-2-7-13-19(18)31-22)23(29)27(24)17-10-4-1-5-11-17/h1,4-5,10-11H,2-3,6-9,12-16H2. The lowest BCUT2D eigenvalue weighted by Crippen LogP contribution is -2.36. The van der Waals surface area contributed by atoms with E-state index in [-0.39, 0.29) is 11.5 Å². The van der Waals surface area contributed by atoms with Gasteiger partial charge in [0.2, 0.25) is 5.91 Å². The van der Waals surface area contributed by atoms with Crippen molar-refractivity contribution in [2.75, 3.05) is 18.8 Å². The first-order chi connectivity index (χ1) is 15.2. The van der Waals surface area contributed by atoms with E-state index < -0.39 is 0 Å². The van der Waals surface area contributed by atoms with E-state index in [9.17, 15) is 9.59 Å². The number of nitrogens with zero attached hydrogens (tertiary/aromatic N) is 3. The number of benzene rings is 1. The van der Waals surface area contributed by atoms with Crippen LogP contribution in [0.1, 0.15) is 49.0 Å². The molecule has 3 heterocycles. The molecule has 0 unspecified atom stereocenters. The highest BCUT2D eigenvalue weighted by Gasteiger charge is 2.23. The molecule has 1 amide bonds. The fraction of sp³-hybridized carbons (Fsp3) is 0.458. The minimum Gasteiger partial charge on any atom is -0.342 e. The second-order valence-electron chi connectivity index (χ2n) is 8.35. The number of piperidine rings is 1. The lowest BCUT2D eigenvalue weighted by atomic mass is 10.1. The Morgan fingerprint density at radius 3 is 2.55 bits per heavy atom. The lowest BCUT2D eigenvalue weighted by molar-refractivity contribution is -0.129. The first-order valence-electron chi connectivity index (χ1n) is 11.3. The van der Waals surface area contributed by atoms with E-state index in [2.05, 4.69) is 0 Å². The van der Waals surface area contributed by atoms with Crippen LogP contribution in [0.5, 0.6) is 0 Å². The van der Waals surface area contributed by atoms with Crippen molar-refractivity contribution in [1.29, 1.82) is 0 Å². The Balaban J connectivity index is 1.56. The van der Waals surface area contributed by atoms with Crippen LogP contribution in [0.4, 0.5) is 0 Å². The van der Waals surface area contributed by atoms with E-state index in [0.717, 1.165) is 61.1 Å². The zero-order valence-corrected chi connectivity index (χ0v) is 19.3. The number of para-hydroxylation sites is 1. The highest BCUT2D eigenvalue weighted by atomic mass is 32.2. The molecule has 1 saturated heterocycles. The smallest absolute Gasteiger partial charge is 0.267 e. The van der Waals surface area contributed by atoms with Crippen molar-refractivity contribution in [3.05, 3.63) is 51.1 Å². The molecule has 2 aliphatic rings. The predicted molar refractivity (Wildman–Crippen MR) is 128 cm³/mol. The maximum Gasteiger partial charge on any atom is 0.267 e. The summed E-state index contributed by atoms with van der Waals surface area (Å²) in [4.78, 5) is 35.6. The molecule has 0 bridgehead atoms. The fourth-order valence-corrected chi connectivity index (χ4v) is 6.84. The van der Waals surface area contributed by atoms with E-state index in [0.29, 0.717) is 10.9 Å². The summed E-state index contributed by atoms with van der Waals surface area (Å²) >= 11 is 3.06. The Labute approximate surface area is 190 Å². The Morgan fingerprint density at radius 2 is 1.74 bits per heavy atom. The Morgan fingerprint density at radius 1 is 1.00 bits per heavy atom. The fourth-order valence-electron chi connectivity index (χ4n) is 4.63. The first-order valence-corrected chi connectivity index (χ1v) is 13.1. The molecule has 1 fully saturated rings. The molecule has 0 atom stereocenters. The molecule has 1 aliphatic heterocycles. The van der Waals surface area contributed by atoms with Gasteiger partial charge in [-0.05, 0) is 62.6 Å². The highest BCUT2D eigenvalue weighted by Crippen LogP contribution is 2.34. The van der Waals surface area contributed by atoms with Crippen molar-refractivity contribution in [2.24, 2.45) is 0 Å². The third-order valence-electron chi connectivity index (χ3n) is 6.26. The molecule has 0 saturated carbocycles. The zero-order valence-electron chi connectivity index (χ0n) is 17.6. The van der Waals surface area contributed by atoms with Crippen LogP contribution < -0.4 is 5.56 Å². The number of thioether (sulfide) groups is 1. The molecule has 0 N–H and O–H groups in total. The van der Waals surface area contributed by atoms with Gasteiger partial charge < -0.3 is 4.90 Å². The van der Waals surface area contributed by atoms with Gasteiger partial charge in [0, 0.05) is 18.0 Å². The molecular weight excluding hydrogens is 426 g/mol. The number of rotatable bonds is 4. The van der Waals surface area contributed by atoms with Gasteiger partial charge in [-0.25, -0.2) is 4.98 Å². The van der Waals surface area contributed by atoms with Crippen LogP contribution in [0.25, 0.3) is 15.9 Å². The Hall–Kier alpha value is -2.12. The van der Waals surface area contributed by atoms with E-state index in [1.807, 2.05) is 35.2 Å². The summed E-state index contributed by atoms with van der Waals surface area (Å²) in [5.41, 5.74) is 2.02. The van der Waals surface area contributed by atoms with Crippen LogP contribution in [0, 0.1) is 0 Å². The molecule has 5 nitrogen and oxygen atoms in total. The monoisotopic (exact) mass is 453 g/mol. The number of amides is 1. The van der Waals surface area contributed by atoms with Gasteiger partial charge in [-0.15, -0.1) is 11.3 Å². The number of carbonyl (C=O) groups excluding carboxylic acids is 1. The minimum atomic E-state index is 0.00326. The summed E-state index contributed by atoms with van der Waals surface area (Å²) in [6, 6.07) is 9.71. The van der Waals surface area contributed by atoms with Crippen molar-refractivity contribution in [3.8, 4) is 5.69 Å². The maximum atomic E-state index is 13.8. The summed E-state index contributed by atoms with van der Waals surface area (Å²) in [5.74, 6) is 0.455. The second-order valence-corrected chi connectivity index (χ2v) is 10.4. The Bertz CT molecular complexity index is 1150. The lowest BCUT2D eigenvalue weighted by Gasteiger charge is -2.26. The van der Waals surface area contributed by atoms with Crippen molar-refractivity contribution >= 4 is 39.2 Å². The van der Waals surface area contributed by atoms with Crippen LogP contribution in [0.15, 0.2) is 40.3 Å². The summed E-state index contributed by atoms with van der Waals surface area (Å²) in [7, 11) is 0. The number of carbonyl (C=O) groups is 1. The normalized spacial score (nSPS) is 16.8. The molecule has 0 radical (unpaired) electrons. The van der Waals surface area contributed by atoms with Crippen LogP contribution in [-0.2, 0) is 17.6 Å². The largest absolute Gasteiger partial charge is 0.342 e. The second kappa shape index (κ2) is 9.17. The van der Waals surface area contributed by atoms with Gasteiger partial charge >= 0.3 is 0 Å². The number of hydrogen-bond donors (Lipinski definition) is 0. The third kappa shape index (κ3) is 4.17. The van der Waals surface area contributed by atoms with E-state index in [4.69, 9.17) is 4.98 Å². The maximum absolute atomic E-state index is 13.8. The molecule has 3 aromatic rings. The molecule has 162 valence electrons. The highest BCUT2D eigenvalue weighted by molar-refractivity contribution is 7.99. The molecule has 5 rings (SSSR count). The number of hydrogen-bond acceptors (Lipinski definition) is 5. The van der Waals surface area contributed by atoms with Gasteiger partial charge in [0.05, 0.1) is 16.8 Å². The van der Waals surface area contributed by atoms with E-state index in [1.54, 1.807) is 15.9 Å². The Kier molecular flexibility index (Phi) is 6.14. The molecule has 1 aliphatic carbocycles. The number of aromatic nitrogens is 2. The number of fused-ring (bicyclic) bond motifs is 3.